The molecule has 0 saturated heterocycles. The number of hydrogen-bond acceptors (Lipinski definition) is 1. The molecular weight excluding hydrogens is 236 g/mol. The number of rotatable bonds is 2. The molecule has 1 aromatic heterocycles. The summed E-state index contributed by atoms with van der Waals surface area (Å²) in [4.78, 5) is 15.4. The summed E-state index contributed by atoms with van der Waals surface area (Å²) in [6.07, 6.45) is 5.24. The van der Waals surface area contributed by atoms with Gasteiger partial charge < -0.3 is 10.3 Å². The van der Waals surface area contributed by atoms with Gasteiger partial charge in [0.2, 0.25) is 0 Å². The van der Waals surface area contributed by atoms with E-state index in [2.05, 4.69) is 24.1 Å². The highest BCUT2D eigenvalue weighted by molar-refractivity contribution is 5.98. The van der Waals surface area contributed by atoms with Crippen LogP contribution in [0.4, 0.5) is 0 Å². The van der Waals surface area contributed by atoms with Crippen molar-refractivity contribution in [2.45, 2.75) is 39.2 Å². The predicted octanol–water partition coefficient (Wildman–Crippen LogP) is 3.48. The van der Waals surface area contributed by atoms with Gasteiger partial charge in [0.1, 0.15) is 0 Å². The maximum Gasteiger partial charge on any atom is 0.251 e. The van der Waals surface area contributed by atoms with E-state index in [4.69, 9.17) is 0 Å². The quantitative estimate of drug-likeness (QED) is 0.849. The van der Waals surface area contributed by atoms with E-state index >= 15 is 0 Å². The Labute approximate surface area is 113 Å². The molecule has 1 atom stereocenters. The third-order valence-corrected chi connectivity index (χ3v) is 4.12. The summed E-state index contributed by atoms with van der Waals surface area (Å²) in [5.41, 5.74) is 2.11. The molecule has 1 aliphatic rings. The highest BCUT2D eigenvalue weighted by Gasteiger charge is 2.31. The zero-order chi connectivity index (χ0) is 13.5. The molecule has 2 aromatic rings. The smallest absolute Gasteiger partial charge is 0.251 e. The standard InChI is InChI=1S/C16H20N2O/c1-16(2)7-5-13(10-16)18-15(19)12-4-3-11-6-8-17-14(11)9-12/h3-4,6,8-9,13,17H,5,7,10H2,1-2H3,(H,18,19). The Hall–Kier alpha value is -1.77. The lowest BCUT2D eigenvalue weighted by molar-refractivity contribution is 0.0936. The summed E-state index contributed by atoms with van der Waals surface area (Å²) in [7, 11) is 0. The van der Waals surface area contributed by atoms with E-state index in [9.17, 15) is 4.79 Å². The van der Waals surface area contributed by atoms with Gasteiger partial charge in [-0.05, 0) is 48.3 Å². The van der Waals surface area contributed by atoms with E-state index in [0.717, 1.165) is 29.3 Å². The maximum atomic E-state index is 12.3. The maximum absolute atomic E-state index is 12.3. The molecule has 1 amide bonds. The number of fused-ring (bicyclic) bond motifs is 1. The number of nitrogens with one attached hydrogen (secondary N) is 2. The highest BCUT2D eigenvalue weighted by Crippen LogP contribution is 2.37. The second kappa shape index (κ2) is 4.41. The summed E-state index contributed by atoms with van der Waals surface area (Å²) < 4.78 is 0. The molecule has 100 valence electrons. The van der Waals surface area contributed by atoms with Gasteiger partial charge in [-0.15, -0.1) is 0 Å². The number of amides is 1. The molecule has 1 unspecified atom stereocenters. The van der Waals surface area contributed by atoms with Crippen LogP contribution in [0.2, 0.25) is 0 Å². The van der Waals surface area contributed by atoms with Crippen LogP contribution in [-0.2, 0) is 0 Å². The van der Waals surface area contributed by atoms with Gasteiger partial charge in [0.15, 0.2) is 0 Å². The van der Waals surface area contributed by atoms with E-state index in [0.29, 0.717) is 11.5 Å². The van der Waals surface area contributed by atoms with Gasteiger partial charge in [0, 0.05) is 23.3 Å². The van der Waals surface area contributed by atoms with Crippen LogP contribution < -0.4 is 5.32 Å². The number of carbonyl (C=O) groups excluding carboxylic acids is 1. The van der Waals surface area contributed by atoms with Crippen LogP contribution in [-0.4, -0.2) is 16.9 Å². The number of hydrogen-bond donors (Lipinski definition) is 2. The molecule has 0 spiro atoms. The molecule has 1 aliphatic carbocycles. The number of aromatic amines is 1. The van der Waals surface area contributed by atoms with E-state index < -0.39 is 0 Å². The number of H-pyrrole nitrogens is 1. The van der Waals surface area contributed by atoms with Gasteiger partial charge in [0.25, 0.3) is 5.91 Å². The third-order valence-electron chi connectivity index (χ3n) is 4.12. The topological polar surface area (TPSA) is 44.9 Å². The van der Waals surface area contributed by atoms with E-state index in [1.54, 1.807) is 0 Å². The Balaban J connectivity index is 1.73. The molecule has 3 heteroatoms. The molecule has 1 fully saturated rings. The Morgan fingerprint density at radius 3 is 2.95 bits per heavy atom. The summed E-state index contributed by atoms with van der Waals surface area (Å²) in [6.45, 7) is 4.54. The number of aromatic nitrogens is 1. The predicted molar refractivity (Wildman–Crippen MR) is 77.2 cm³/mol. The van der Waals surface area contributed by atoms with Gasteiger partial charge in [-0.1, -0.05) is 19.9 Å². The molecule has 1 aromatic carbocycles. The van der Waals surface area contributed by atoms with Crippen LogP contribution in [0, 0.1) is 5.41 Å². The van der Waals surface area contributed by atoms with Crippen molar-refractivity contribution < 1.29 is 4.79 Å². The first-order valence-corrected chi connectivity index (χ1v) is 6.92. The fourth-order valence-corrected chi connectivity index (χ4v) is 3.02. The minimum Gasteiger partial charge on any atom is -0.361 e. The molecule has 3 rings (SSSR count). The summed E-state index contributed by atoms with van der Waals surface area (Å²) in [5.74, 6) is 0.0409. The van der Waals surface area contributed by atoms with Crippen molar-refractivity contribution in [3.05, 3.63) is 36.0 Å². The van der Waals surface area contributed by atoms with Crippen molar-refractivity contribution in [1.29, 1.82) is 0 Å². The Morgan fingerprint density at radius 2 is 2.21 bits per heavy atom. The molecule has 19 heavy (non-hydrogen) atoms. The fraction of sp³-hybridized carbons (Fsp3) is 0.438. The fourth-order valence-electron chi connectivity index (χ4n) is 3.02. The van der Waals surface area contributed by atoms with Crippen molar-refractivity contribution in [1.82, 2.24) is 10.3 Å². The van der Waals surface area contributed by atoms with Gasteiger partial charge >= 0.3 is 0 Å². The van der Waals surface area contributed by atoms with Crippen molar-refractivity contribution in [3.8, 4) is 0 Å². The molecule has 2 N–H and O–H groups in total. The first kappa shape index (κ1) is 12.3. The van der Waals surface area contributed by atoms with Crippen LogP contribution in [0.15, 0.2) is 30.5 Å². The lowest BCUT2D eigenvalue weighted by Gasteiger charge is -2.17. The van der Waals surface area contributed by atoms with Gasteiger partial charge in [-0.3, -0.25) is 4.79 Å². The third kappa shape index (κ3) is 2.50. The van der Waals surface area contributed by atoms with Crippen LogP contribution in [0.1, 0.15) is 43.5 Å². The average molecular weight is 256 g/mol. The van der Waals surface area contributed by atoms with Gasteiger partial charge in [0.05, 0.1) is 0 Å². The average Bonchev–Trinajstić information content (AvgIpc) is 2.94. The second-order valence-corrected chi connectivity index (χ2v) is 6.36. The van der Waals surface area contributed by atoms with Crippen molar-refractivity contribution in [2.24, 2.45) is 5.41 Å². The number of benzene rings is 1. The monoisotopic (exact) mass is 256 g/mol. The minimum absolute atomic E-state index is 0.0409. The van der Waals surface area contributed by atoms with Gasteiger partial charge in [-0.2, -0.15) is 0 Å². The zero-order valence-electron chi connectivity index (χ0n) is 11.5. The second-order valence-electron chi connectivity index (χ2n) is 6.36. The van der Waals surface area contributed by atoms with Crippen LogP contribution in [0.3, 0.4) is 0 Å². The lowest BCUT2D eigenvalue weighted by Crippen LogP contribution is -2.33. The van der Waals surface area contributed by atoms with E-state index in [1.807, 2.05) is 30.5 Å². The van der Waals surface area contributed by atoms with Crippen LogP contribution in [0.25, 0.3) is 10.9 Å². The minimum atomic E-state index is 0.0409. The SMILES string of the molecule is CC1(C)CCC(NC(=O)c2ccc3cc[nH]c3c2)C1. The number of carbonyl (C=O) groups is 1. The highest BCUT2D eigenvalue weighted by atomic mass is 16.1. The van der Waals surface area contributed by atoms with Crippen molar-refractivity contribution >= 4 is 16.8 Å². The molecule has 1 heterocycles. The van der Waals surface area contributed by atoms with Crippen molar-refractivity contribution in [2.75, 3.05) is 0 Å². The molecule has 0 bridgehead atoms. The van der Waals surface area contributed by atoms with Crippen LogP contribution in [0.5, 0.6) is 0 Å². The normalized spacial score (nSPS) is 21.7. The van der Waals surface area contributed by atoms with Crippen LogP contribution >= 0.6 is 0 Å². The Bertz CT molecular complexity index is 612. The molecule has 3 nitrogen and oxygen atoms in total. The largest absolute Gasteiger partial charge is 0.361 e. The first-order valence-electron chi connectivity index (χ1n) is 6.92. The Morgan fingerprint density at radius 1 is 1.37 bits per heavy atom. The summed E-state index contributed by atoms with van der Waals surface area (Å²) in [6, 6.07) is 8.13. The summed E-state index contributed by atoms with van der Waals surface area (Å²) in [5, 5.41) is 4.29. The first-order chi connectivity index (χ1) is 9.03. The lowest BCUT2D eigenvalue weighted by atomic mass is 9.92. The molecule has 1 saturated carbocycles. The van der Waals surface area contributed by atoms with E-state index in [-0.39, 0.29) is 5.91 Å². The van der Waals surface area contributed by atoms with Crippen molar-refractivity contribution in [3.63, 3.8) is 0 Å². The molecule has 0 radical (unpaired) electrons. The zero-order valence-corrected chi connectivity index (χ0v) is 11.5. The Kier molecular flexibility index (Phi) is 2.85. The van der Waals surface area contributed by atoms with Gasteiger partial charge in [-0.25, -0.2) is 0 Å². The summed E-state index contributed by atoms with van der Waals surface area (Å²) >= 11 is 0. The molecular formula is C16H20N2O. The van der Waals surface area contributed by atoms with E-state index in [1.165, 1.54) is 6.42 Å². The molecule has 0 aliphatic heterocycles.